The van der Waals surface area contributed by atoms with E-state index in [1.807, 2.05) is 20.8 Å². The van der Waals surface area contributed by atoms with E-state index in [0.717, 1.165) is 5.56 Å². The molecule has 0 fully saturated rings. The van der Waals surface area contributed by atoms with Crippen molar-refractivity contribution in [1.82, 2.24) is 0 Å². The van der Waals surface area contributed by atoms with Gasteiger partial charge in [-0.15, -0.1) is 0 Å². The van der Waals surface area contributed by atoms with E-state index in [4.69, 9.17) is 0 Å². The second kappa shape index (κ2) is 4.25. The zero-order valence-corrected chi connectivity index (χ0v) is 9.15. The average molecular weight is 216 g/mol. The molecule has 0 radical (unpaired) electrons. The van der Waals surface area contributed by atoms with Crippen molar-refractivity contribution in [2.45, 2.75) is 33.4 Å². The van der Waals surface area contributed by atoms with Gasteiger partial charge in [0.15, 0.2) is 0 Å². The minimum atomic E-state index is -4.24. The first-order chi connectivity index (χ1) is 6.80. The van der Waals surface area contributed by atoms with Gasteiger partial charge >= 0.3 is 6.18 Å². The van der Waals surface area contributed by atoms with E-state index in [1.54, 1.807) is 6.07 Å². The molecule has 0 nitrogen and oxygen atoms in total. The maximum absolute atomic E-state index is 12.6. The van der Waals surface area contributed by atoms with Gasteiger partial charge in [-0.3, -0.25) is 0 Å². The predicted octanol–water partition coefficient (Wildman–Crippen LogP) is 4.21. The van der Waals surface area contributed by atoms with Crippen LogP contribution < -0.4 is 0 Å². The van der Waals surface area contributed by atoms with Crippen LogP contribution in [0.4, 0.5) is 13.2 Å². The summed E-state index contributed by atoms with van der Waals surface area (Å²) in [5.74, 6) is 0.230. The van der Waals surface area contributed by atoms with Crippen LogP contribution in [0.2, 0.25) is 0 Å². The third kappa shape index (κ3) is 3.26. The fourth-order valence-corrected chi connectivity index (χ4v) is 1.61. The van der Waals surface area contributed by atoms with Crippen molar-refractivity contribution in [2.75, 3.05) is 0 Å². The number of benzene rings is 1. The molecule has 0 saturated heterocycles. The molecule has 0 atom stereocenters. The van der Waals surface area contributed by atoms with E-state index >= 15 is 0 Å². The van der Waals surface area contributed by atoms with Crippen LogP contribution in [0.25, 0.3) is 0 Å². The number of halogens is 3. The normalized spacial score (nSPS) is 12.2. The second-order valence-electron chi connectivity index (χ2n) is 4.26. The summed E-state index contributed by atoms with van der Waals surface area (Å²) in [5.41, 5.74) is 0.776. The summed E-state index contributed by atoms with van der Waals surface area (Å²) in [5, 5.41) is 0. The van der Waals surface area contributed by atoms with Crippen molar-refractivity contribution in [2.24, 2.45) is 5.92 Å². The van der Waals surface area contributed by atoms with E-state index in [0.29, 0.717) is 12.0 Å². The molecular weight excluding hydrogens is 201 g/mol. The van der Waals surface area contributed by atoms with Gasteiger partial charge in [0.1, 0.15) is 0 Å². The van der Waals surface area contributed by atoms with Gasteiger partial charge in [0.05, 0.1) is 5.56 Å². The Kier molecular flexibility index (Phi) is 3.42. The van der Waals surface area contributed by atoms with Crippen LogP contribution in [-0.4, -0.2) is 0 Å². The van der Waals surface area contributed by atoms with Crippen molar-refractivity contribution in [3.05, 3.63) is 34.9 Å². The lowest BCUT2D eigenvalue weighted by atomic mass is 9.96. The molecule has 0 spiro atoms. The van der Waals surface area contributed by atoms with Crippen molar-refractivity contribution < 1.29 is 13.2 Å². The Bertz CT molecular complexity index is 337. The third-order valence-electron chi connectivity index (χ3n) is 2.19. The molecule has 0 aliphatic carbocycles. The summed E-state index contributed by atoms with van der Waals surface area (Å²) in [7, 11) is 0. The molecule has 0 unspecified atom stereocenters. The number of hydrogen-bond acceptors (Lipinski definition) is 0. The Hall–Kier alpha value is -0.990. The van der Waals surface area contributed by atoms with Gasteiger partial charge in [0.2, 0.25) is 0 Å². The molecule has 0 amide bonds. The smallest absolute Gasteiger partial charge is 0.166 e. The van der Waals surface area contributed by atoms with Gasteiger partial charge < -0.3 is 0 Å². The van der Waals surface area contributed by atoms with Gasteiger partial charge in [-0.1, -0.05) is 31.5 Å². The summed E-state index contributed by atoms with van der Waals surface area (Å²) in [6.45, 7) is 5.65. The van der Waals surface area contributed by atoms with Crippen LogP contribution in [-0.2, 0) is 12.6 Å². The number of hydrogen-bond donors (Lipinski definition) is 0. The minimum Gasteiger partial charge on any atom is -0.166 e. The average Bonchev–Trinajstić information content (AvgIpc) is 1.99. The van der Waals surface area contributed by atoms with Gasteiger partial charge in [0.25, 0.3) is 0 Å². The molecule has 84 valence electrons. The first kappa shape index (κ1) is 12.1. The minimum absolute atomic E-state index is 0.230. The first-order valence-corrected chi connectivity index (χ1v) is 4.97. The molecule has 1 aromatic rings. The van der Waals surface area contributed by atoms with Crippen LogP contribution >= 0.6 is 0 Å². The van der Waals surface area contributed by atoms with Crippen LogP contribution in [0, 0.1) is 12.8 Å². The number of rotatable bonds is 2. The highest BCUT2D eigenvalue weighted by atomic mass is 19.4. The Morgan fingerprint density at radius 3 is 2.27 bits per heavy atom. The van der Waals surface area contributed by atoms with Crippen molar-refractivity contribution in [3.8, 4) is 0 Å². The lowest BCUT2D eigenvalue weighted by Gasteiger charge is -2.14. The topological polar surface area (TPSA) is 0 Å². The molecule has 0 bridgehead atoms. The largest absolute Gasteiger partial charge is 0.416 e. The summed E-state index contributed by atoms with van der Waals surface area (Å²) in [6, 6.07) is 4.31. The molecular formula is C12H15F3. The highest BCUT2D eigenvalue weighted by Gasteiger charge is 2.33. The Labute approximate surface area is 88.1 Å². The Balaban J connectivity index is 3.15. The molecule has 1 rings (SSSR count). The second-order valence-corrected chi connectivity index (χ2v) is 4.26. The zero-order chi connectivity index (χ0) is 11.6. The number of aryl methyl sites for hydroxylation is 1. The Morgan fingerprint density at radius 1 is 1.20 bits per heavy atom. The molecule has 0 saturated carbocycles. The van der Waals surface area contributed by atoms with E-state index < -0.39 is 11.7 Å². The van der Waals surface area contributed by atoms with Gasteiger partial charge in [-0.2, -0.15) is 13.2 Å². The Morgan fingerprint density at radius 2 is 1.80 bits per heavy atom. The molecule has 1 aromatic carbocycles. The summed E-state index contributed by atoms with van der Waals surface area (Å²) >= 11 is 0. The van der Waals surface area contributed by atoms with Gasteiger partial charge in [-0.05, 0) is 30.9 Å². The predicted molar refractivity (Wildman–Crippen MR) is 54.7 cm³/mol. The fourth-order valence-electron chi connectivity index (χ4n) is 1.61. The van der Waals surface area contributed by atoms with Crippen LogP contribution in [0.3, 0.4) is 0 Å². The quantitative estimate of drug-likeness (QED) is 0.694. The summed E-state index contributed by atoms with van der Waals surface area (Å²) in [4.78, 5) is 0. The zero-order valence-electron chi connectivity index (χ0n) is 9.15. The molecule has 0 aromatic heterocycles. The molecule has 15 heavy (non-hydrogen) atoms. The van der Waals surface area contributed by atoms with Crippen molar-refractivity contribution in [3.63, 3.8) is 0 Å². The van der Waals surface area contributed by atoms with E-state index in [9.17, 15) is 13.2 Å². The lowest BCUT2D eigenvalue weighted by molar-refractivity contribution is -0.138. The fraction of sp³-hybridized carbons (Fsp3) is 0.500. The van der Waals surface area contributed by atoms with Gasteiger partial charge in [-0.25, -0.2) is 0 Å². The first-order valence-electron chi connectivity index (χ1n) is 4.97. The molecule has 3 heteroatoms. The molecule has 0 aliphatic rings. The molecule has 0 heterocycles. The van der Waals surface area contributed by atoms with E-state index in [-0.39, 0.29) is 5.92 Å². The monoisotopic (exact) mass is 216 g/mol. The third-order valence-corrected chi connectivity index (χ3v) is 2.19. The molecule has 0 N–H and O–H groups in total. The lowest BCUT2D eigenvalue weighted by Crippen LogP contribution is -2.11. The van der Waals surface area contributed by atoms with Crippen LogP contribution in [0.5, 0.6) is 0 Å². The standard InChI is InChI=1S/C12H15F3/c1-8(2)6-10-7-9(3)4-5-11(10)12(13,14)15/h4-5,7-8H,6H2,1-3H3. The van der Waals surface area contributed by atoms with Crippen LogP contribution in [0.15, 0.2) is 18.2 Å². The maximum atomic E-state index is 12.6. The highest BCUT2D eigenvalue weighted by molar-refractivity contribution is 5.33. The maximum Gasteiger partial charge on any atom is 0.416 e. The van der Waals surface area contributed by atoms with Crippen molar-refractivity contribution in [1.29, 1.82) is 0 Å². The van der Waals surface area contributed by atoms with E-state index in [1.165, 1.54) is 12.1 Å². The number of alkyl halides is 3. The highest BCUT2D eigenvalue weighted by Crippen LogP contribution is 2.33. The SMILES string of the molecule is Cc1ccc(C(F)(F)F)c(CC(C)C)c1. The van der Waals surface area contributed by atoms with Gasteiger partial charge in [0, 0.05) is 0 Å². The van der Waals surface area contributed by atoms with Crippen LogP contribution in [0.1, 0.15) is 30.5 Å². The summed E-state index contributed by atoms with van der Waals surface area (Å²) < 4.78 is 37.9. The van der Waals surface area contributed by atoms with E-state index in [2.05, 4.69) is 0 Å². The summed E-state index contributed by atoms with van der Waals surface area (Å²) in [6.07, 6.45) is -3.77. The van der Waals surface area contributed by atoms with Crippen molar-refractivity contribution >= 4 is 0 Å². The molecule has 0 aliphatic heterocycles.